The zero-order valence-corrected chi connectivity index (χ0v) is 10.3. The molecule has 0 aromatic heterocycles. The molecular formula is C12H12ClNO3. The highest BCUT2D eigenvalue weighted by Gasteiger charge is 2.46. The van der Waals surface area contributed by atoms with E-state index in [9.17, 15) is 14.7 Å². The lowest BCUT2D eigenvalue weighted by Gasteiger charge is -2.19. The molecule has 4 nitrogen and oxygen atoms in total. The summed E-state index contributed by atoms with van der Waals surface area (Å²) in [7, 11) is 0. The second-order valence-electron chi connectivity index (χ2n) is 4.34. The molecule has 1 unspecified atom stereocenters. The van der Waals surface area contributed by atoms with Crippen molar-refractivity contribution >= 4 is 29.0 Å². The molecule has 0 aliphatic carbocycles. The predicted octanol–water partition coefficient (Wildman–Crippen LogP) is 1.77. The average molecular weight is 254 g/mol. The number of aliphatic hydroxyl groups is 1. The first-order chi connectivity index (χ1) is 7.84. The van der Waals surface area contributed by atoms with E-state index in [1.807, 2.05) is 0 Å². The maximum absolute atomic E-state index is 11.8. The number of halogens is 1. The maximum Gasteiger partial charge on any atom is 0.261 e. The van der Waals surface area contributed by atoms with E-state index in [0.717, 1.165) is 5.56 Å². The average Bonchev–Trinajstić information content (AvgIpc) is 2.41. The first kappa shape index (κ1) is 12.1. The number of amides is 1. The zero-order chi connectivity index (χ0) is 12.8. The highest BCUT2D eigenvalue weighted by atomic mass is 35.5. The van der Waals surface area contributed by atoms with Crippen molar-refractivity contribution in [1.29, 1.82) is 0 Å². The monoisotopic (exact) mass is 253 g/mol. The van der Waals surface area contributed by atoms with E-state index in [2.05, 4.69) is 5.32 Å². The number of nitrogens with one attached hydrogen (secondary N) is 1. The molecule has 2 N–H and O–H groups in total. The summed E-state index contributed by atoms with van der Waals surface area (Å²) in [5.74, 6) is -0.826. The van der Waals surface area contributed by atoms with Crippen LogP contribution in [-0.4, -0.2) is 16.8 Å². The largest absolute Gasteiger partial charge is 0.375 e. The molecule has 0 bridgehead atoms. The van der Waals surface area contributed by atoms with Gasteiger partial charge in [-0.1, -0.05) is 11.6 Å². The van der Waals surface area contributed by atoms with Crippen LogP contribution < -0.4 is 5.32 Å². The minimum absolute atomic E-state index is 0.229. The molecule has 0 fully saturated rings. The van der Waals surface area contributed by atoms with E-state index in [-0.39, 0.29) is 12.2 Å². The third-order valence-electron chi connectivity index (χ3n) is 2.87. The van der Waals surface area contributed by atoms with Crippen LogP contribution in [0.4, 0.5) is 5.69 Å². The Labute approximate surface area is 104 Å². The van der Waals surface area contributed by atoms with Gasteiger partial charge in [0, 0.05) is 22.7 Å². The van der Waals surface area contributed by atoms with Crippen molar-refractivity contribution < 1.29 is 14.7 Å². The molecule has 90 valence electrons. The molecule has 17 heavy (non-hydrogen) atoms. The van der Waals surface area contributed by atoms with Crippen molar-refractivity contribution in [3.05, 3.63) is 28.3 Å². The fourth-order valence-electron chi connectivity index (χ4n) is 2.01. The van der Waals surface area contributed by atoms with Crippen molar-refractivity contribution in [2.24, 2.45) is 0 Å². The van der Waals surface area contributed by atoms with E-state index in [0.29, 0.717) is 16.3 Å². The summed E-state index contributed by atoms with van der Waals surface area (Å²) in [6, 6.07) is 3.22. The molecule has 5 heteroatoms. The van der Waals surface area contributed by atoms with Crippen molar-refractivity contribution in [1.82, 2.24) is 0 Å². The number of hydrogen-bond acceptors (Lipinski definition) is 3. The molecular weight excluding hydrogens is 242 g/mol. The standard InChI is InChI=1S/C12H12ClNO3/c1-6-3-8-10(4-9(6)13)14-11(16)12(8,17)5-7(2)15/h3-4,17H,5H2,1-2H3,(H,14,16). The van der Waals surface area contributed by atoms with Crippen molar-refractivity contribution in [2.75, 3.05) is 5.32 Å². The Balaban J connectivity index is 2.57. The Bertz CT molecular complexity index is 527. The second-order valence-corrected chi connectivity index (χ2v) is 4.75. The number of rotatable bonds is 2. The number of carbonyl (C=O) groups excluding carboxylic acids is 2. The van der Waals surface area contributed by atoms with Gasteiger partial charge in [0.05, 0.1) is 0 Å². The normalized spacial score (nSPS) is 22.2. The Hall–Kier alpha value is -1.39. The minimum Gasteiger partial charge on any atom is -0.375 e. The smallest absolute Gasteiger partial charge is 0.261 e. The van der Waals surface area contributed by atoms with Crippen LogP contribution in [0, 0.1) is 6.92 Å². The lowest BCUT2D eigenvalue weighted by Crippen LogP contribution is -2.36. The first-order valence-corrected chi connectivity index (χ1v) is 5.56. The van der Waals surface area contributed by atoms with Crippen molar-refractivity contribution in [3.63, 3.8) is 0 Å². The summed E-state index contributed by atoms with van der Waals surface area (Å²) in [5, 5.41) is 13.4. The third-order valence-corrected chi connectivity index (χ3v) is 3.28. The molecule has 2 rings (SSSR count). The van der Waals surface area contributed by atoms with Gasteiger partial charge in [-0.25, -0.2) is 0 Å². The van der Waals surface area contributed by atoms with Gasteiger partial charge in [-0.2, -0.15) is 0 Å². The van der Waals surface area contributed by atoms with Crippen LogP contribution in [0.2, 0.25) is 5.02 Å². The SMILES string of the molecule is CC(=O)CC1(O)C(=O)Nc2cc(Cl)c(C)cc21. The molecule has 1 heterocycles. The van der Waals surface area contributed by atoms with Gasteiger partial charge in [0.15, 0.2) is 5.60 Å². The topological polar surface area (TPSA) is 66.4 Å². The second kappa shape index (κ2) is 3.82. The molecule has 0 saturated heterocycles. The van der Waals surface area contributed by atoms with Crippen LogP contribution in [0.25, 0.3) is 0 Å². The number of fused-ring (bicyclic) bond motifs is 1. The third kappa shape index (κ3) is 1.83. The molecule has 1 aliphatic rings. The van der Waals surface area contributed by atoms with Crippen molar-refractivity contribution in [2.45, 2.75) is 25.9 Å². The Morgan fingerprint density at radius 1 is 1.53 bits per heavy atom. The molecule has 1 aliphatic heterocycles. The maximum atomic E-state index is 11.8. The summed E-state index contributed by atoms with van der Waals surface area (Å²) >= 11 is 5.94. The zero-order valence-electron chi connectivity index (χ0n) is 9.50. The molecule has 0 radical (unpaired) electrons. The fourth-order valence-corrected chi connectivity index (χ4v) is 2.17. The lowest BCUT2D eigenvalue weighted by atomic mass is 9.89. The Morgan fingerprint density at radius 2 is 2.18 bits per heavy atom. The van der Waals surface area contributed by atoms with Gasteiger partial charge in [-0.05, 0) is 31.5 Å². The van der Waals surface area contributed by atoms with E-state index in [4.69, 9.17) is 11.6 Å². The molecule has 1 aromatic carbocycles. The number of anilines is 1. The van der Waals surface area contributed by atoms with Crippen LogP contribution in [-0.2, 0) is 15.2 Å². The molecule has 0 spiro atoms. The van der Waals surface area contributed by atoms with E-state index in [1.165, 1.54) is 6.92 Å². The summed E-state index contributed by atoms with van der Waals surface area (Å²) in [6.07, 6.45) is -0.229. The highest BCUT2D eigenvalue weighted by Crippen LogP contribution is 2.40. The first-order valence-electron chi connectivity index (χ1n) is 5.18. The van der Waals surface area contributed by atoms with E-state index >= 15 is 0 Å². The Kier molecular flexibility index (Phi) is 2.72. The summed E-state index contributed by atoms with van der Waals surface area (Å²) in [4.78, 5) is 22.9. The quantitative estimate of drug-likeness (QED) is 0.844. The summed E-state index contributed by atoms with van der Waals surface area (Å²) in [5.41, 5.74) is -0.130. The molecule has 1 aromatic rings. The number of hydrogen-bond donors (Lipinski definition) is 2. The number of benzene rings is 1. The van der Waals surface area contributed by atoms with Gasteiger partial charge in [0.2, 0.25) is 0 Å². The summed E-state index contributed by atoms with van der Waals surface area (Å²) in [6.45, 7) is 3.12. The van der Waals surface area contributed by atoms with Gasteiger partial charge in [-0.15, -0.1) is 0 Å². The van der Waals surface area contributed by atoms with Crippen LogP contribution in [0.15, 0.2) is 12.1 Å². The van der Waals surface area contributed by atoms with Gasteiger partial charge in [0.25, 0.3) is 5.91 Å². The molecule has 0 saturated carbocycles. The number of aryl methyl sites for hydroxylation is 1. The molecule has 1 amide bonds. The summed E-state index contributed by atoms with van der Waals surface area (Å²) < 4.78 is 0. The highest BCUT2D eigenvalue weighted by molar-refractivity contribution is 6.32. The number of Topliss-reactive ketones (excluding diaryl/α,β-unsaturated/α-hetero) is 1. The minimum atomic E-state index is -1.77. The fraction of sp³-hybridized carbons (Fsp3) is 0.333. The van der Waals surface area contributed by atoms with Gasteiger partial charge in [0.1, 0.15) is 5.78 Å². The van der Waals surface area contributed by atoms with Gasteiger partial charge < -0.3 is 10.4 Å². The Morgan fingerprint density at radius 3 is 2.76 bits per heavy atom. The van der Waals surface area contributed by atoms with Crippen LogP contribution >= 0.6 is 11.6 Å². The molecule has 1 atom stereocenters. The van der Waals surface area contributed by atoms with Crippen LogP contribution in [0.5, 0.6) is 0 Å². The van der Waals surface area contributed by atoms with Crippen LogP contribution in [0.1, 0.15) is 24.5 Å². The van der Waals surface area contributed by atoms with Gasteiger partial charge in [-0.3, -0.25) is 9.59 Å². The van der Waals surface area contributed by atoms with Gasteiger partial charge >= 0.3 is 0 Å². The number of carbonyl (C=O) groups is 2. The number of ketones is 1. The van der Waals surface area contributed by atoms with Crippen LogP contribution in [0.3, 0.4) is 0 Å². The van der Waals surface area contributed by atoms with E-state index < -0.39 is 11.5 Å². The lowest BCUT2D eigenvalue weighted by molar-refractivity contribution is -0.139. The van der Waals surface area contributed by atoms with E-state index in [1.54, 1.807) is 19.1 Å². The predicted molar refractivity (Wildman–Crippen MR) is 64.0 cm³/mol. The van der Waals surface area contributed by atoms with Crippen molar-refractivity contribution in [3.8, 4) is 0 Å².